The van der Waals surface area contributed by atoms with Crippen molar-refractivity contribution in [2.24, 2.45) is 5.92 Å². The fraction of sp³-hybridized carbons (Fsp3) is 0.667. The topological polar surface area (TPSA) is 46.5 Å². The Bertz CT molecular complexity index is 498. The van der Waals surface area contributed by atoms with Gasteiger partial charge in [0.2, 0.25) is 0 Å². The molecule has 0 radical (unpaired) electrons. The lowest BCUT2D eigenvalue weighted by molar-refractivity contribution is -0.148. The molecular formula is C21H32O3. The number of rotatable bonds is 8. The summed E-state index contributed by atoms with van der Waals surface area (Å²) in [6, 6.07) is 8.44. The molecule has 134 valence electrons. The minimum Gasteiger partial charge on any atom is -0.469 e. The number of methoxy groups -OCH3 is 1. The molecule has 1 aromatic carbocycles. The van der Waals surface area contributed by atoms with Crippen LogP contribution in [0.5, 0.6) is 0 Å². The smallest absolute Gasteiger partial charge is 0.308 e. The van der Waals surface area contributed by atoms with E-state index in [1.54, 1.807) is 0 Å². The van der Waals surface area contributed by atoms with Crippen molar-refractivity contribution >= 4 is 5.97 Å². The van der Waals surface area contributed by atoms with Crippen LogP contribution in [0, 0.1) is 5.92 Å². The maximum atomic E-state index is 11.6. The fourth-order valence-electron chi connectivity index (χ4n) is 3.70. The predicted octanol–water partition coefficient (Wildman–Crippen LogP) is 4.75. The van der Waals surface area contributed by atoms with Gasteiger partial charge in [-0.15, -0.1) is 0 Å². The Balaban J connectivity index is 1.85. The summed E-state index contributed by atoms with van der Waals surface area (Å²) < 4.78 is 4.82. The van der Waals surface area contributed by atoms with E-state index in [0.717, 1.165) is 12.0 Å². The molecule has 0 saturated heterocycles. The second kappa shape index (κ2) is 9.22. The third kappa shape index (κ3) is 5.07. The molecule has 3 nitrogen and oxygen atoms in total. The Labute approximate surface area is 146 Å². The minimum absolute atomic E-state index is 0.0577. The van der Waals surface area contributed by atoms with Crippen molar-refractivity contribution in [3.63, 3.8) is 0 Å². The van der Waals surface area contributed by atoms with Gasteiger partial charge in [-0.25, -0.2) is 0 Å². The standard InChI is InChI=1S/C21H32O3/c1-3-4-5-6-7-8-17-9-11-19(12-10-17)21(23)15-13-18(14-16-21)20(22)24-2/h9-12,18,23H,3-8,13-16H2,1-2H3. The highest BCUT2D eigenvalue weighted by molar-refractivity contribution is 5.72. The lowest BCUT2D eigenvalue weighted by Gasteiger charge is -2.35. The zero-order chi connectivity index (χ0) is 17.4. The number of hydrogen-bond donors (Lipinski definition) is 1. The first kappa shape index (κ1) is 19.0. The van der Waals surface area contributed by atoms with Gasteiger partial charge in [0, 0.05) is 0 Å². The maximum Gasteiger partial charge on any atom is 0.308 e. The van der Waals surface area contributed by atoms with Gasteiger partial charge in [0.05, 0.1) is 18.6 Å². The molecule has 1 aliphatic carbocycles. The van der Waals surface area contributed by atoms with Gasteiger partial charge in [0.25, 0.3) is 0 Å². The van der Waals surface area contributed by atoms with Crippen LogP contribution in [0.15, 0.2) is 24.3 Å². The number of aliphatic hydroxyl groups is 1. The molecule has 0 aliphatic heterocycles. The van der Waals surface area contributed by atoms with Gasteiger partial charge >= 0.3 is 5.97 Å². The molecule has 2 rings (SSSR count). The van der Waals surface area contributed by atoms with E-state index in [4.69, 9.17) is 4.74 Å². The lowest BCUT2D eigenvalue weighted by atomic mass is 9.75. The highest BCUT2D eigenvalue weighted by atomic mass is 16.5. The summed E-state index contributed by atoms with van der Waals surface area (Å²) in [5.74, 6) is -0.201. The highest BCUT2D eigenvalue weighted by Gasteiger charge is 2.37. The van der Waals surface area contributed by atoms with Crippen molar-refractivity contribution < 1.29 is 14.6 Å². The van der Waals surface area contributed by atoms with Crippen LogP contribution in [0.3, 0.4) is 0 Å². The van der Waals surface area contributed by atoms with Crippen molar-refractivity contribution in [1.82, 2.24) is 0 Å². The van der Waals surface area contributed by atoms with Gasteiger partial charge in [-0.05, 0) is 49.7 Å². The molecule has 1 saturated carbocycles. The van der Waals surface area contributed by atoms with E-state index >= 15 is 0 Å². The molecule has 0 heterocycles. The van der Waals surface area contributed by atoms with Crippen LogP contribution >= 0.6 is 0 Å². The number of benzene rings is 1. The monoisotopic (exact) mass is 332 g/mol. The Kier molecular flexibility index (Phi) is 7.29. The Morgan fingerprint density at radius 2 is 1.75 bits per heavy atom. The number of unbranched alkanes of at least 4 members (excludes halogenated alkanes) is 4. The molecular weight excluding hydrogens is 300 g/mol. The van der Waals surface area contributed by atoms with E-state index in [1.807, 2.05) is 0 Å². The van der Waals surface area contributed by atoms with E-state index in [0.29, 0.717) is 25.7 Å². The van der Waals surface area contributed by atoms with Gasteiger partial charge in [-0.1, -0.05) is 56.9 Å². The lowest BCUT2D eigenvalue weighted by Crippen LogP contribution is -2.34. The van der Waals surface area contributed by atoms with Gasteiger partial charge in [0.1, 0.15) is 0 Å². The number of ether oxygens (including phenoxy) is 1. The number of esters is 1. The molecule has 3 heteroatoms. The van der Waals surface area contributed by atoms with Crippen LogP contribution in [-0.4, -0.2) is 18.2 Å². The molecule has 1 N–H and O–H groups in total. The predicted molar refractivity (Wildman–Crippen MR) is 96.8 cm³/mol. The average molecular weight is 332 g/mol. The molecule has 24 heavy (non-hydrogen) atoms. The first-order chi connectivity index (χ1) is 11.6. The number of carbonyl (C=O) groups excluding carboxylic acids is 1. The SMILES string of the molecule is CCCCCCCc1ccc(C2(O)CCC(C(=O)OC)CC2)cc1. The maximum absolute atomic E-state index is 11.6. The highest BCUT2D eigenvalue weighted by Crippen LogP contribution is 2.39. The number of hydrogen-bond acceptors (Lipinski definition) is 3. The van der Waals surface area contributed by atoms with E-state index in [-0.39, 0.29) is 11.9 Å². The van der Waals surface area contributed by atoms with Gasteiger partial charge in [0.15, 0.2) is 0 Å². The van der Waals surface area contributed by atoms with E-state index < -0.39 is 5.60 Å². The molecule has 0 bridgehead atoms. The Hall–Kier alpha value is -1.35. The summed E-state index contributed by atoms with van der Waals surface area (Å²) in [4.78, 5) is 11.6. The first-order valence-electron chi connectivity index (χ1n) is 9.48. The van der Waals surface area contributed by atoms with Crippen molar-refractivity contribution in [3.05, 3.63) is 35.4 Å². The summed E-state index contributed by atoms with van der Waals surface area (Å²) in [6.45, 7) is 2.24. The van der Waals surface area contributed by atoms with Crippen molar-refractivity contribution in [2.45, 2.75) is 76.7 Å². The minimum atomic E-state index is -0.788. The largest absolute Gasteiger partial charge is 0.469 e. The van der Waals surface area contributed by atoms with Gasteiger partial charge < -0.3 is 9.84 Å². The quantitative estimate of drug-likeness (QED) is 0.552. The Morgan fingerprint density at radius 1 is 1.12 bits per heavy atom. The second-order valence-electron chi connectivity index (χ2n) is 7.19. The van der Waals surface area contributed by atoms with Crippen molar-refractivity contribution in [1.29, 1.82) is 0 Å². The normalized spacial score (nSPS) is 23.9. The molecule has 0 amide bonds. The number of aryl methyl sites for hydroxylation is 1. The van der Waals surface area contributed by atoms with Crippen LogP contribution in [0.4, 0.5) is 0 Å². The summed E-state index contributed by atoms with van der Waals surface area (Å²) in [6.07, 6.45) is 10.3. The van der Waals surface area contributed by atoms with Crippen LogP contribution in [0.25, 0.3) is 0 Å². The van der Waals surface area contributed by atoms with E-state index in [2.05, 4.69) is 31.2 Å². The van der Waals surface area contributed by atoms with Crippen LogP contribution < -0.4 is 0 Å². The van der Waals surface area contributed by atoms with Gasteiger partial charge in [-0.3, -0.25) is 4.79 Å². The van der Waals surface area contributed by atoms with Gasteiger partial charge in [-0.2, -0.15) is 0 Å². The molecule has 0 atom stereocenters. The summed E-state index contributed by atoms with van der Waals surface area (Å²) >= 11 is 0. The summed E-state index contributed by atoms with van der Waals surface area (Å²) in [5.41, 5.74) is 1.55. The third-order valence-electron chi connectivity index (χ3n) is 5.41. The third-order valence-corrected chi connectivity index (χ3v) is 5.41. The fourth-order valence-corrected chi connectivity index (χ4v) is 3.70. The van der Waals surface area contributed by atoms with Crippen LogP contribution in [0.2, 0.25) is 0 Å². The van der Waals surface area contributed by atoms with Crippen LogP contribution in [0.1, 0.15) is 75.8 Å². The zero-order valence-electron chi connectivity index (χ0n) is 15.2. The average Bonchev–Trinajstić information content (AvgIpc) is 2.62. The second-order valence-corrected chi connectivity index (χ2v) is 7.19. The van der Waals surface area contributed by atoms with Crippen molar-refractivity contribution in [3.8, 4) is 0 Å². The molecule has 0 spiro atoms. The van der Waals surface area contributed by atoms with Crippen molar-refractivity contribution in [2.75, 3.05) is 7.11 Å². The first-order valence-corrected chi connectivity index (χ1v) is 9.48. The van der Waals surface area contributed by atoms with E-state index in [1.165, 1.54) is 44.8 Å². The van der Waals surface area contributed by atoms with E-state index in [9.17, 15) is 9.90 Å². The molecule has 0 aromatic heterocycles. The summed E-state index contributed by atoms with van der Waals surface area (Å²) in [5, 5.41) is 10.9. The molecule has 1 aromatic rings. The molecule has 0 unspecified atom stereocenters. The van der Waals surface area contributed by atoms with Crippen LogP contribution in [-0.2, 0) is 21.6 Å². The summed E-state index contributed by atoms with van der Waals surface area (Å²) in [7, 11) is 1.43. The zero-order valence-corrected chi connectivity index (χ0v) is 15.2. The molecule has 1 aliphatic rings. The molecule has 1 fully saturated rings. The Morgan fingerprint density at radius 3 is 2.33 bits per heavy atom. The number of carbonyl (C=O) groups is 1.